The van der Waals surface area contributed by atoms with Crippen LogP contribution in [0.1, 0.15) is 26.2 Å². The molecule has 0 amide bonds. The molecular formula is C13H18FNO2S2. The summed E-state index contributed by atoms with van der Waals surface area (Å²) in [6.45, 7) is 2.08. The Morgan fingerprint density at radius 2 is 2.00 bits per heavy atom. The van der Waals surface area contributed by atoms with Crippen molar-refractivity contribution in [1.29, 1.82) is 0 Å². The highest BCUT2D eigenvalue weighted by atomic mass is 32.2. The Labute approximate surface area is 118 Å². The molecule has 1 saturated carbocycles. The van der Waals surface area contributed by atoms with Gasteiger partial charge >= 0.3 is 0 Å². The summed E-state index contributed by atoms with van der Waals surface area (Å²) < 4.78 is 40.0. The van der Waals surface area contributed by atoms with Gasteiger partial charge in [-0.3, -0.25) is 0 Å². The lowest BCUT2D eigenvalue weighted by Crippen LogP contribution is -2.38. The van der Waals surface area contributed by atoms with Crippen LogP contribution in [-0.4, -0.2) is 25.5 Å². The SMILES string of the molecule is CCSC1CCCC1NS(=O)(=O)c1ccc(F)cc1. The molecule has 1 aliphatic carbocycles. The number of halogens is 1. The maximum atomic E-state index is 12.8. The molecule has 0 heterocycles. The van der Waals surface area contributed by atoms with Crippen LogP contribution in [0.4, 0.5) is 4.39 Å². The van der Waals surface area contributed by atoms with Crippen molar-refractivity contribution in [2.75, 3.05) is 5.75 Å². The third-order valence-electron chi connectivity index (χ3n) is 3.26. The first-order chi connectivity index (χ1) is 9.03. The molecule has 19 heavy (non-hydrogen) atoms. The molecule has 6 heteroatoms. The van der Waals surface area contributed by atoms with Crippen molar-refractivity contribution in [1.82, 2.24) is 4.72 Å². The first kappa shape index (κ1) is 14.8. The molecule has 2 unspecified atom stereocenters. The molecule has 3 nitrogen and oxygen atoms in total. The summed E-state index contributed by atoms with van der Waals surface area (Å²) in [7, 11) is -3.54. The minimum absolute atomic E-state index is 0.0139. The summed E-state index contributed by atoms with van der Waals surface area (Å²) >= 11 is 1.80. The molecule has 2 rings (SSSR count). The van der Waals surface area contributed by atoms with Gasteiger partial charge in [-0.15, -0.1) is 0 Å². The van der Waals surface area contributed by atoms with Gasteiger partial charge in [0.1, 0.15) is 5.82 Å². The maximum absolute atomic E-state index is 12.8. The summed E-state index contributed by atoms with van der Waals surface area (Å²) in [5, 5.41) is 0.347. The van der Waals surface area contributed by atoms with Crippen LogP contribution in [-0.2, 0) is 10.0 Å². The topological polar surface area (TPSA) is 46.2 Å². The molecule has 106 valence electrons. The maximum Gasteiger partial charge on any atom is 0.240 e. The highest BCUT2D eigenvalue weighted by Gasteiger charge is 2.31. The summed E-state index contributed by atoms with van der Waals surface area (Å²) in [6.07, 6.45) is 2.97. The van der Waals surface area contributed by atoms with E-state index in [-0.39, 0.29) is 10.9 Å². The smallest absolute Gasteiger partial charge is 0.207 e. The zero-order valence-electron chi connectivity index (χ0n) is 10.8. The third kappa shape index (κ3) is 3.70. The van der Waals surface area contributed by atoms with Crippen molar-refractivity contribution in [2.45, 2.75) is 42.4 Å². The lowest BCUT2D eigenvalue weighted by Gasteiger charge is -2.20. The quantitative estimate of drug-likeness (QED) is 0.910. The van der Waals surface area contributed by atoms with Crippen LogP contribution < -0.4 is 4.72 Å². The normalized spacial score (nSPS) is 23.7. The largest absolute Gasteiger partial charge is 0.240 e. The van der Waals surface area contributed by atoms with Crippen LogP contribution in [0.5, 0.6) is 0 Å². The molecule has 0 aromatic heterocycles. The van der Waals surface area contributed by atoms with E-state index in [0.29, 0.717) is 5.25 Å². The average molecular weight is 303 g/mol. The lowest BCUT2D eigenvalue weighted by atomic mass is 10.3. The fraction of sp³-hybridized carbons (Fsp3) is 0.538. The Bertz CT molecular complexity index is 516. The second kappa shape index (κ2) is 6.24. The van der Waals surface area contributed by atoms with Crippen molar-refractivity contribution in [3.63, 3.8) is 0 Å². The summed E-state index contributed by atoms with van der Waals surface area (Å²) in [4.78, 5) is 0.126. The number of benzene rings is 1. The highest BCUT2D eigenvalue weighted by molar-refractivity contribution is 8.00. The van der Waals surface area contributed by atoms with E-state index in [2.05, 4.69) is 11.6 Å². The van der Waals surface area contributed by atoms with Crippen LogP contribution in [0, 0.1) is 5.82 Å². The number of rotatable bonds is 5. The van der Waals surface area contributed by atoms with Crippen molar-refractivity contribution in [3.05, 3.63) is 30.1 Å². The Morgan fingerprint density at radius 1 is 1.32 bits per heavy atom. The molecular weight excluding hydrogens is 285 g/mol. The molecule has 1 aromatic rings. The fourth-order valence-electron chi connectivity index (χ4n) is 2.36. The first-order valence-electron chi connectivity index (χ1n) is 6.42. The van der Waals surface area contributed by atoms with Crippen LogP contribution in [0.15, 0.2) is 29.2 Å². The number of hydrogen-bond donors (Lipinski definition) is 1. The van der Waals surface area contributed by atoms with Crippen molar-refractivity contribution in [3.8, 4) is 0 Å². The standard InChI is InChI=1S/C13H18FNO2S2/c1-2-18-13-5-3-4-12(13)15-19(16,17)11-8-6-10(14)7-9-11/h6-9,12-13,15H,2-5H2,1H3. The second-order valence-corrected chi connectivity index (χ2v) is 7.84. The minimum atomic E-state index is -3.54. The van der Waals surface area contributed by atoms with E-state index in [9.17, 15) is 12.8 Å². The Balaban J connectivity index is 2.10. The molecule has 2 atom stereocenters. The second-order valence-electron chi connectivity index (χ2n) is 4.61. The van der Waals surface area contributed by atoms with Gasteiger partial charge in [0.15, 0.2) is 0 Å². The van der Waals surface area contributed by atoms with Gasteiger partial charge in [-0.1, -0.05) is 13.3 Å². The predicted molar refractivity (Wildman–Crippen MR) is 76.3 cm³/mol. The molecule has 0 spiro atoms. The van der Waals surface area contributed by atoms with E-state index in [1.807, 2.05) is 0 Å². The molecule has 1 aliphatic rings. The van der Waals surface area contributed by atoms with Gasteiger partial charge in [-0.2, -0.15) is 11.8 Å². The molecule has 0 saturated heterocycles. The number of sulfonamides is 1. The molecule has 1 fully saturated rings. The van der Waals surface area contributed by atoms with Gasteiger partial charge in [0.05, 0.1) is 4.90 Å². The van der Waals surface area contributed by atoms with Gasteiger partial charge in [-0.25, -0.2) is 17.5 Å². The zero-order valence-corrected chi connectivity index (χ0v) is 12.4. The molecule has 0 aliphatic heterocycles. The minimum Gasteiger partial charge on any atom is -0.207 e. The zero-order chi connectivity index (χ0) is 13.9. The van der Waals surface area contributed by atoms with E-state index in [1.54, 1.807) is 11.8 Å². The predicted octanol–water partition coefficient (Wildman–Crippen LogP) is 2.78. The van der Waals surface area contributed by atoms with E-state index in [0.717, 1.165) is 25.0 Å². The number of nitrogens with one attached hydrogen (secondary N) is 1. The lowest BCUT2D eigenvalue weighted by molar-refractivity contribution is 0.554. The molecule has 1 N–H and O–H groups in total. The van der Waals surface area contributed by atoms with Gasteiger partial charge < -0.3 is 0 Å². The Kier molecular flexibility index (Phi) is 4.86. The van der Waals surface area contributed by atoms with Gasteiger partial charge in [0, 0.05) is 11.3 Å². The van der Waals surface area contributed by atoms with Crippen LogP contribution in [0.25, 0.3) is 0 Å². The highest BCUT2D eigenvalue weighted by Crippen LogP contribution is 2.30. The first-order valence-corrected chi connectivity index (χ1v) is 8.95. The van der Waals surface area contributed by atoms with Crippen LogP contribution in [0.2, 0.25) is 0 Å². The van der Waals surface area contributed by atoms with Gasteiger partial charge in [-0.05, 0) is 42.9 Å². The number of thioether (sulfide) groups is 1. The van der Waals surface area contributed by atoms with E-state index >= 15 is 0 Å². The third-order valence-corrected chi connectivity index (χ3v) is 6.10. The Hall–Kier alpha value is -0.590. The van der Waals surface area contributed by atoms with E-state index in [4.69, 9.17) is 0 Å². The van der Waals surface area contributed by atoms with Crippen LogP contribution in [0.3, 0.4) is 0 Å². The van der Waals surface area contributed by atoms with Gasteiger partial charge in [0.2, 0.25) is 10.0 Å². The molecule has 1 aromatic carbocycles. The van der Waals surface area contributed by atoms with E-state index in [1.165, 1.54) is 24.3 Å². The Morgan fingerprint density at radius 3 is 2.63 bits per heavy atom. The van der Waals surface area contributed by atoms with Crippen LogP contribution >= 0.6 is 11.8 Å². The molecule has 0 bridgehead atoms. The van der Waals surface area contributed by atoms with Crippen molar-refractivity contribution >= 4 is 21.8 Å². The van der Waals surface area contributed by atoms with E-state index < -0.39 is 15.8 Å². The van der Waals surface area contributed by atoms with Crippen molar-refractivity contribution < 1.29 is 12.8 Å². The van der Waals surface area contributed by atoms with Gasteiger partial charge in [0.25, 0.3) is 0 Å². The summed E-state index contributed by atoms with van der Waals surface area (Å²) in [5.74, 6) is 0.554. The van der Waals surface area contributed by atoms with Crippen molar-refractivity contribution in [2.24, 2.45) is 0 Å². The average Bonchev–Trinajstić information content (AvgIpc) is 2.77. The monoisotopic (exact) mass is 303 g/mol. The summed E-state index contributed by atoms with van der Waals surface area (Å²) in [5.41, 5.74) is 0. The summed E-state index contributed by atoms with van der Waals surface area (Å²) in [6, 6.07) is 4.92. The number of hydrogen-bond acceptors (Lipinski definition) is 3. The molecule has 0 radical (unpaired) electrons. The fourth-order valence-corrected chi connectivity index (χ4v) is 4.95.